The van der Waals surface area contributed by atoms with E-state index in [9.17, 15) is 9.18 Å². The Morgan fingerprint density at radius 3 is 2.73 bits per heavy atom. The smallest absolute Gasteiger partial charge is 0.187 e. The van der Waals surface area contributed by atoms with Crippen LogP contribution in [0.25, 0.3) is 10.7 Å². The third-order valence-corrected chi connectivity index (χ3v) is 5.17. The molecular weight excluding hydrogens is 403 g/mol. The molecule has 3 aromatic heterocycles. The number of hydrogen-bond donors (Lipinski definition) is 2. The van der Waals surface area contributed by atoms with Crippen LogP contribution in [0.5, 0.6) is 0 Å². The zero-order valence-corrected chi connectivity index (χ0v) is 16.6. The van der Waals surface area contributed by atoms with E-state index in [1.54, 1.807) is 36.7 Å². The van der Waals surface area contributed by atoms with E-state index in [0.717, 1.165) is 5.01 Å². The van der Waals surface area contributed by atoms with Crippen molar-refractivity contribution >= 4 is 28.6 Å². The number of Topliss-reactive ketones (excluding diaryl/α,β-unsaturated/α-hetero) is 1. The van der Waals surface area contributed by atoms with E-state index in [-0.39, 0.29) is 30.3 Å². The molecule has 9 heteroatoms. The normalized spacial score (nSPS) is 10.7. The number of ketones is 1. The molecule has 4 aromatic rings. The SMILES string of the molecule is Nc1ncccc1NCc1cc(CC(=O)c2cnc(-c3nccs3)cn2)ccc1F. The van der Waals surface area contributed by atoms with Crippen molar-refractivity contribution in [2.75, 3.05) is 11.1 Å². The van der Waals surface area contributed by atoms with Crippen LogP contribution in [0.2, 0.25) is 0 Å². The van der Waals surface area contributed by atoms with Crippen LogP contribution in [-0.2, 0) is 13.0 Å². The van der Waals surface area contributed by atoms with E-state index >= 15 is 0 Å². The molecule has 1 aromatic carbocycles. The first-order chi connectivity index (χ1) is 14.6. The summed E-state index contributed by atoms with van der Waals surface area (Å²) in [5, 5.41) is 5.65. The molecule has 3 N–H and O–H groups in total. The predicted molar refractivity (Wildman–Crippen MR) is 114 cm³/mol. The van der Waals surface area contributed by atoms with Crippen molar-refractivity contribution in [1.82, 2.24) is 19.9 Å². The summed E-state index contributed by atoms with van der Waals surface area (Å²) < 4.78 is 14.2. The number of carbonyl (C=O) groups excluding carboxylic acids is 1. The molecule has 0 radical (unpaired) electrons. The van der Waals surface area contributed by atoms with E-state index in [0.29, 0.717) is 28.3 Å². The summed E-state index contributed by atoms with van der Waals surface area (Å²) in [5.74, 6) is -0.229. The van der Waals surface area contributed by atoms with Crippen LogP contribution in [0.15, 0.2) is 60.5 Å². The minimum atomic E-state index is -0.367. The van der Waals surface area contributed by atoms with Crippen molar-refractivity contribution in [3.8, 4) is 10.7 Å². The van der Waals surface area contributed by atoms with Gasteiger partial charge < -0.3 is 11.1 Å². The van der Waals surface area contributed by atoms with Crippen molar-refractivity contribution in [2.45, 2.75) is 13.0 Å². The van der Waals surface area contributed by atoms with Crippen LogP contribution in [0.1, 0.15) is 21.6 Å². The highest BCUT2D eigenvalue weighted by Crippen LogP contribution is 2.20. The topological polar surface area (TPSA) is 107 Å². The zero-order chi connectivity index (χ0) is 20.9. The quantitative estimate of drug-likeness (QED) is 0.439. The maximum Gasteiger partial charge on any atom is 0.187 e. The molecule has 0 saturated carbocycles. The van der Waals surface area contributed by atoms with Gasteiger partial charge in [-0.2, -0.15) is 0 Å². The van der Waals surface area contributed by atoms with E-state index in [1.165, 1.54) is 29.8 Å². The number of nitrogens with two attached hydrogens (primary N) is 1. The van der Waals surface area contributed by atoms with Crippen molar-refractivity contribution in [2.24, 2.45) is 0 Å². The number of carbonyl (C=O) groups is 1. The Labute approximate surface area is 175 Å². The minimum absolute atomic E-state index is 0.0909. The number of hydrogen-bond acceptors (Lipinski definition) is 8. The lowest BCUT2D eigenvalue weighted by atomic mass is 10.0. The number of aromatic nitrogens is 4. The van der Waals surface area contributed by atoms with E-state index in [1.807, 2.05) is 5.38 Å². The number of halogens is 1. The summed E-state index contributed by atoms with van der Waals surface area (Å²) in [6, 6.07) is 8.10. The van der Waals surface area contributed by atoms with Crippen LogP contribution in [0, 0.1) is 5.82 Å². The van der Waals surface area contributed by atoms with E-state index in [4.69, 9.17) is 5.73 Å². The van der Waals surface area contributed by atoms with Crippen LogP contribution in [0.4, 0.5) is 15.9 Å². The Kier molecular flexibility index (Phi) is 5.71. The monoisotopic (exact) mass is 420 g/mol. The van der Waals surface area contributed by atoms with Crippen molar-refractivity contribution in [1.29, 1.82) is 0 Å². The number of benzene rings is 1. The van der Waals surface area contributed by atoms with Gasteiger partial charge in [-0.3, -0.25) is 4.79 Å². The lowest BCUT2D eigenvalue weighted by Crippen LogP contribution is -2.09. The molecule has 0 bridgehead atoms. The molecule has 0 aliphatic heterocycles. The number of nitrogens with zero attached hydrogens (tertiary/aromatic N) is 4. The van der Waals surface area contributed by atoms with Crippen LogP contribution in [0.3, 0.4) is 0 Å². The van der Waals surface area contributed by atoms with Crippen molar-refractivity contribution in [3.63, 3.8) is 0 Å². The fourth-order valence-electron chi connectivity index (χ4n) is 2.84. The van der Waals surface area contributed by atoms with Crippen LogP contribution >= 0.6 is 11.3 Å². The molecular formula is C21H17FN6OS. The average Bonchev–Trinajstić information content (AvgIpc) is 3.30. The van der Waals surface area contributed by atoms with E-state index < -0.39 is 0 Å². The molecule has 0 amide bonds. The molecule has 0 atom stereocenters. The number of nitrogens with one attached hydrogen (secondary N) is 1. The second-order valence-electron chi connectivity index (χ2n) is 6.44. The second kappa shape index (κ2) is 8.75. The summed E-state index contributed by atoms with van der Waals surface area (Å²) in [4.78, 5) is 29.2. The molecule has 30 heavy (non-hydrogen) atoms. The highest BCUT2D eigenvalue weighted by Gasteiger charge is 2.13. The Morgan fingerprint density at radius 2 is 2.00 bits per heavy atom. The molecule has 0 spiro atoms. The highest BCUT2D eigenvalue weighted by atomic mass is 32.1. The maximum absolute atomic E-state index is 14.2. The van der Waals surface area contributed by atoms with Gasteiger partial charge in [-0.1, -0.05) is 12.1 Å². The van der Waals surface area contributed by atoms with Crippen molar-refractivity contribution < 1.29 is 9.18 Å². The minimum Gasteiger partial charge on any atom is -0.382 e. The Bertz CT molecular complexity index is 1160. The first-order valence-corrected chi connectivity index (χ1v) is 9.95. The first kappa shape index (κ1) is 19.6. The molecule has 4 rings (SSSR count). The molecule has 0 unspecified atom stereocenters. The van der Waals surface area contributed by atoms with E-state index in [2.05, 4.69) is 25.3 Å². The Hall–Kier alpha value is -3.72. The third-order valence-electron chi connectivity index (χ3n) is 4.37. The number of nitrogen functional groups attached to an aromatic ring is 1. The number of rotatable bonds is 7. The molecule has 0 saturated heterocycles. The average molecular weight is 420 g/mol. The van der Waals surface area contributed by atoms with Gasteiger partial charge in [-0.25, -0.2) is 24.3 Å². The number of thiazole rings is 1. The highest BCUT2D eigenvalue weighted by molar-refractivity contribution is 7.13. The van der Waals surface area contributed by atoms with Gasteiger partial charge in [-0.15, -0.1) is 11.3 Å². The molecule has 150 valence electrons. The van der Waals surface area contributed by atoms with Gasteiger partial charge in [0.05, 0.1) is 18.1 Å². The second-order valence-corrected chi connectivity index (χ2v) is 7.33. The van der Waals surface area contributed by atoms with Gasteiger partial charge in [0.1, 0.15) is 28.0 Å². The lowest BCUT2D eigenvalue weighted by Gasteiger charge is -2.10. The number of anilines is 2. The molecule has 7 nitrogen and oxygen atoms in total. The van der Waals surface area contributed by atoms with Gasteiger partial charge >= 0.3 is 0 Å². The van der Waals surface area contributed by atoms with Crippen LogP contribution in [-0.4, -0.2) is 25.7 Å². The molecule has 3 heterocycles. The van der Waals surface area contributed by atoms with Crippen molar-refractivity contribution in [3.05, 3.63) is 83.1 Å². The fourth-order valence-corrected chi connectivity index (χ4v) is 3.44. The standard InChI is InChI=1S/C21H17FN6OS/c22-15-4-3-13(8-14(15)10-26-16-2-1-5-24-20(16)23)9-19(29)17-11-28-18(12-27-17)21-25-6-7-30-21/h1-8,11-12,26H,9-10H2,(H2,23,24). The summed E-state index contributed by atoms with van der Waals surface area (Å²) >= 11 is 1.45. The summed E-state index contributed by atoms with van der Waals surface area (Å²) in [6.07, 6.45) is 6.33. The summed E-state index contributed by atoms with van der Waals surface area (Å²) in [7, 11) is 0. The third kappa shape index (κ3) is 4.47. The fraction of sp³-hybridized carbons (Fsp3) is 0.0952. The molecule has 0 aliphatic carbocycles. The molecule has 0 aliphatic rings. The van der Waals surface area contributed by atoms with Gasteiger partial charge in [0.2, 0.25) is 0 Å². The molecule has 0 fully saturated rings. The predicted octanol–water partition coefficient (Wildman–Crippen LogP) is 3.75. The maximum atomic E-state index is 14.2. The van der Waals surface area contributed by atoms with Gasteiger partial charge in [0.25, 0.3) is 0 Å². The van der Waals surface area contributed by atoms with Gasteiger partial charge in [-0.05, 0) is 23.8 Å². The van der Waals surface area contributed by atoms with Gasteiger partial charge in [0.15, 0.2) is 5.78 Å². The lowest BCUT2D eigenvalue weighted by molar-refractivity contribution is 0.0988. The Morgan fingerprint density at radius 1 is 1.10 bits per heavy atom. The summed E-state index contributed by atoms with van der Waals surface area (Å²) in [5.41, 5.74) is 8.39. The number of pyridine rings is 1. The van der Waals surface area contributed by atoms with Crippen LogP contribution < -0.4 is 11.1 Å². The first-order valence-electron chi connectivity index (χ1n) is 9.07. The van der Waals surface area contributed by atoms with Gasteiger partial charge in [0, 0.05) is 36.3 Å². The largest absolute Gasteiger partial charge is 0.382 e. The zero-order valence-electron chi connectivity index (χ0n) is 15.7. The Balaban J connectivity index is 1.44. The summed E-state index contributed by atoms with van der Waals surface area (Å²) in [6.45, 7) is 0.214.